The molecule has 0 bridgehead atoms. The molecule has 0 amide bonds. The summed E-state index contributed by atoms with van der Waals surface area (Å²) in [6.45, 7) is 0. The Hall–Kier alpha value is -2.66. The number of imidazole rings is 1. The molecule has 112 valence electrons. The van der Waals surface area contributed by atoms with Crippen molar-refractivity contribution in [1.29, 1.82) is 0 Å². The normalized spacial score (nSPS) is 11.5. The van der Waals surface area contributed by atoms with E-state index in [1.54, 1.807) is 17.2 Å². The first kappa shape index (κ1) is 14.0. The lowest BCUT2D eigenvalue weighted by Gasteiger charge is -1.99. The third-order valence-electron chi connectivity index (χ3n) is 3.51. The van der Waals surface area contributed by atoms with E-state index in [1.807, 2.05) is 60.7 Å². The van der Waals surface area contributed by atoms with Crippen LogP contribution in [0.15, 0.2) is 81.0 Å². The molecule has 0 unspecified atom stereocenters. The fraction of sp³-hybridized carbons (Fsp3) is 0. The van der Waals surface area contributed by atoms with E-state index >= 15 is 0 Å². The lowest BCUT2D eigenvalue weighted by molar-refractivity contribution is 0.574. The van der Waals surface area contributed by atoms with Gasteiger partial charge in [0.2, 0.25) is 0 Å². The molecule has 0 atom stereocenters. The molecule has 4 nitrogen and oxygen atoms in total. The van der Waals surface area contributed by atoms with Crippen molar-refractivity contribution in [3.05, 3.63) is 77.2 Å². The molecule has 0 aliphatic heterocycles. The maximum atomic E-state index is 5.85. The number of aromatic nitrogens is 2. The molecule has 0 spiro atoms. The number of furan rings is 1. The van der Waals surface area contributed by atoms with Crippen LogP contribution >= 0.6 is 15.9 Å². The number of hydrogen-bond donors (Lipinski definition) is 0. The quantitative estimate of drug-likeness (QED) is 0.482. The Balaban J connectivity index is 1.64. The highest BCUT2D eigenvalue weighted by Gasteiger charge is 2.07. The van der Waals surface area contributed by atoms with Crippen molar-refractivity contribution in [1.82, 2.24) is 9.66 Å². The van der Waals surface area contributed by atoms with Gasteiger partial charge in [-0.05, 0) is 30.3 Å². The standard InChI is InChI=1S/C18H12BrN3O/c19-15-6-2-1-5-14(15)18-10-9-13(23-18)11-21-22-12-20-16-7-3-4-8-17(16)22/h1-12H/b21-11-. The fourth-order valence-corrected chi connectivity index (χ4v) is 2.87. The molecule has 0 N–H and O–H groups in total. The molecule has 2 heterocycles. The Kier molecular flexibility index (Phi) is 3.55. The van der Waals surface area contributed by atoms with Gasteiger partial charge in [0.05, 0.1) is 17.2 Å². The SMILES string of the molecule is Brc1ccccc1-c1ccc(/C=N\n2cnc3ccccc32)o1. The minimum atomic E-state index is 0.688. The highest BCUT2D eigenvalue weighted by atomic mass is 79.9. The summed E-state index contributed by atoms with van der Waals surface area (Å²) in [6, 6.07) is 19.7. The summed E-state index contributed by atoms with van der Waals surface area (Å²) in [5.74, 6) is 1.49. The van der Waals surface area contributed by atoms with Crippen molar-refractivity contribution in [2.45, 2.75) is 0 Å². The van der Waals surface area contributed by atoms with E-state index in [0.29, 0.717) is 5.76 Å². The number of hydrogen-bond acceptors (Lipinski definition) is 3. The average molecular weight is 366 g/mol. The molecule has 0 aliphatic rings. The van der Waals surface area contributed by atoms with E-state index in [9.17, 15) is 0 Å². The summed E-state index contributed by atoms with van der Waals surface area (Å²) in [5, 5.41) is 4.42. The molecule has 5 heteroatoms. The van der Waals surface area contributed by atoms with E-state index in [1.165, 1.54) is 0 Å². The first-order chi connectivity index (χ1) is 11.3. The minimum Gasteiger partial charge on any atom is -0.455 e. The average Bonchev–Trinajstić information content (AvgIpc) is 3.20. The number of halogens is 1. The zero-order valence-corrected chi connectivity index (χ0v) is 13.6. The fourth-order valence-electron chi connectivity index (χ4n) is 2.39. The summed E-state index contributed by atoms with van der Waals surface area (Å²) in [6.07, 6.45) is 3.38. The van der Waals surface area contributed by atoms with Crippen LogP contribution in [0.3, 0.4) is 0 Å². The van der Waals surface area contributed by atoms with Crippen molar-refractivity contribution in [2.75, 3.05) is 0 Å². The van der Waals surface area contributed by atoms with Gasteiger partial charge in [-0.15, -0.1) is 0 Å². The van der Waals surface area contributed by atoms with Crippen LogP contribution in [0.5, 0.6) is 0 Å². The first-order valence-electron chi connectivity index (χ1n) is 7.12. The number of benzene rings is 2. The van der Waals surface area contributed by atoms with Gasteiger partial charge in [0.1, 0.15) is 17.8 Å². The Morgan fingerprint density at radius 1 is 1.00 bits per heavy atom. The van der Waals surface area contributed by atoms with Crippen molar-refractivity contribution < 1.29 is 4.42 Å². The molecule has 0 saturated carbocycles. The monoisotopic (exact) mass is 365 g/mol. The first-order valence-corrected chi connectivity index (χ1v) is 7.92. The third-order valence-corrected chi connectivity index (χ3v) is 4.20. The van der Waals surface area contributed by atoms with E-state index < -0.39 is 0 Å². The largest absolute Gasteiger partial charge is 0.455 e. The van der Waals surface area contributed by atoms with Gasteiger partial charge >= 0.3 is 0 Å². The molecule has 2 aromatic carbocycles. The second kappa shape index (κ2) is 5.85. The lowest BCUT2D eigenvalue weighted by atomic mass is 10.2. The van der Waals surface area contributed by atoms with Crippen LogP contribution < -0.4 is 0 Å². The molecular weight excluding hydrogens is 354 g/mol. The van der Waals surface area contributed by atoms with E-state index in [2.05, 4.69) is 26.0 Å². The molecular formula is C18H12BrN3O. The smallest absolute Gasteiger partial charge is 0.147 e. The lowest BCUT2D eigenvalue weighted by Crippen LogP contribution is -1.87. The molecule has 4 rings (SSSR count). The summed E-state index contributed by atoms with van der Waals surface area (Å²) >= 11 is 3.53. The number of para-hydroxylation sites is 2. The van der Waals surface area contributed by atoms with Crippen molar-refractivity contribution in [2.24, 2.45) is 5.10 Å². The van der Waals surface area contributed by atoms with Gasteiger partial charge < -0.3 is 4.42 Å². The topological polar surface area (TPSA) is 43.3 Å². The molecule has 2 aromatic heterocycles. The summed E-state index contributed by atoms with van der Waals surface area (Å²) in [4.78, 5) is 4.31. The van der Waals surface area contributed by atoms with Crippen LogP contribution in [-0.4, -0.2) is 15.9 Å². The van der Waals surface area contributed by atoms with Crippen LogP contribution in [0.25, 0.3) is 22.4 Å². The molecule has 4 aromatic rings. The number of rotatable bonds is 3. The van der Waals surface area contributed by atoms with Gasteiger partial charge in [-0.3, -0.25) is 0 Å². The maximum Gasteiger partial charge on any atom is 0.147 e. The maximum absolute atomic E-state index is 5.85. The van der Waals surface area contributed by atoms with E-state index in [4.69, 9.17) is 4.42 Å². The van der Waals surface area contributed by atoms with Crippen LogP contribution in [-0.2, 0) is 0 Å². The summed E-state index contributed by atoms with van der Waals surface area (Å²) in [7, 11) is 0. The van der Waals surface area contributed by atoms with E-state index in [-0.39, 0.29) is 0 Å². The predicted molar refractivity (Wildman–Crippen MR) is 94.6 cm³/mol. The van der Waals surface area contributed by atoms with Gasteiger partial charge in [-0.1, -0.05) is 46.3 Å². The van der Waals surface area contributed by atoms with Crippen molar-refractivity contribution >= 4 is 33.2 Å². The third kappa shape index (κ3) is 2.71. The molecule has 23 heavy (non-hydrogen) atoms. The second-order valence-electron chi connectivity index (χ2n) is 5.00. The van der Waals surface area contributed by atoms with Gasteiger partial charge in [0, 0.05) is 10.0 Å². The van der Waals surface area contributed by atoms with Crippen LogP contribution in [0.1, 0.15) is 5.76 Å². The summed E-state index contributed by atoms with van der Waals surface area (Å²) in [5.41, 5.74) is 2.89. The van der Waals surface area contributed by atoms with Gasteiger partial charge in [0.15, 0.2) is 0 Å². The van der Waals surface area contributed by atoms with Crippen LogP contribution in [0, 0.1) is 0 Å². The van der Waals surface area contributed by atoms with Gasteiger partial charge in [-0.2, -0.15) is 5.10 Å². The highest BCUT2D eigenvalue weighted by Crippen LogP contribution is 2.29. The highest BCUT2D eigenvalue weighted by molar-refractivity contribution is 9.10. The molecule has 0 aliphatic carbocycles. The molecule has 0 fully saturated rings. The zero-order valence-electron chi connectivity index (χ0n) is 12.1. The van der Waals surface area contributed by atoms with Crippen LogP contribution in [0.2, 0.25) is 0 Å². The number of fused-ring (bicyclic) bond motifs is 1. The van der Waals surface area contributed by atoms with Crippen molar-refractivity contribution in [3.63, 3.8) is 0 Å². The summed E-state index contributed by atoms with van der Waals surface area (Å²) < 4.78 is 8.58. The second-order valence-corrected chi connectivity index (χ2v) is 5.86. The van der Waals surface area contributed by atoms with Gasteiger partial charge in [0.25, 0.3) is 0 Å². The Labute approximate surface area is 141 Å². The Bertz CT molecular complexity index is 1000. The van der Waals surface area contributed by atoms with Crippen LogP contribution in [0.4, 0.5) is 0 Å². The minimum absolute atomic E-state index is 0.688. The van der Waals surface area contributed by atoms with Crippen molar-refractivity contribution in [3.8, 4) is 11.3 Å². The molecule has 0 saturated heterocycles. The van der Waals surface area contributed by atoms with Gasteiger partial charge in [-0.25, -0.2) is 9.66 Å². The zero-order chi connectivity index (χ0) is 15.6. The Morgan fingerprint density at radius 3 is 2.74 bits per heavy atom. The van der Waals surface area contributed by atoms with E-state index in [0.717, 1.165) is 26.8 Å². The molecule has 0 radical (unpaired) electrons. The number of nitrogens with zero attached hydrogens (tertiary/aromatic N) is 3. The predicted octanol–water partition coefficient (Wildman–Crippen LogP) is 4.94. The Morgan fingerprint density at radius 2 is 1.83 bits per heavy atom.